The number of nitrogens with zero attached hydrogens (tertiary/aromatic N) is 2. The van der Waals surface area contributed by atoms with Crippen LogP contribution in [0.15, 0.2) is 6.20 Å². The Bertz CT molecular complexity index is 729. The zero-order valence-corrected chi connectivity index (χ0v) is 13.0. The molecule has 2 aromatic heterocycles. The molecular formula is C15H21N5O. The normalized spacial score (nSPS) is 13.8. The summed E-state index contributed by atoms with van der Waals surface area (Å²) >= 11 is 0. The highest BCUT2D eigenvalue weighted by molar-refractivity contribution is 5.99. The van der Waals surface area contributed by atoms with E-state index in [9.17, 15) is 4.79 Å². The Kier molecular flexibility index (Phi) is 3.97. The molecule has 0 radical (unpaired) electrons. The lowest BCUT2D eigenvalue weighted by Crippen LogP contribution is -2.40. The highest BCUT2D eigenvalue weighted by atomic mass is 16.1. The Morgan fingerprint density at radius 3 is 2.52 bits per heavy atom. The number of hydrogen-bond acceptors (Lipinski definition) is 3. The number of rotatable bonds is 2. The summed E-state index contributed by atoms with van der Waals surface area (Å²) in [5.41, 5.74) is 0.761. The van der Waals surface area contributed by atoms with Crippen LogP contribution in [0.25, 0.3) is 23.7 Å². The van der Waals surface area contributed by atoms with Crippen molar-refractivity contribution in [1.29, 1.82) is 0 Å². The van der Waals surface area contributed by atoms with Gasteiger partial charge in [-0.1, -0.05) is 12.2 Å². The Morgan fingerprint density at radius 2 is 2.00 bits per heavy atom. The second-order valence-corrected chi connectivity index (χ2v) is 5.82. The lowest BCUT2D eigenvalue weighted by Gasteiger charge is -2.20. The average molecular weight is 287 g/mol. The van der Waals surface area contributed by atoms with Crippen LogP contribution >= 0.6 is 0 Å². The van der Waals surface area contributed by atoms with Crippen molar-refractivity contribution in [3.05, 3.63) is 22.5 Å². The number of carbonyl (C=O) groups is 1. The van der Waals surface area contributed by atoms with E-state index in [4.69, 9.17) is 0 Å². The monoisotopic (exact) mass is 287 g/mol. The van der Waals surface area contributed by atoms with Crippen LogP contribution in [0.3, 0.4) is 0 Å². The van der Waals surface area contributed by atoms with Crippen LogP contribution in [-0.2, 0) is 0 Å². The number of carbonyl (C=O) groups excluding carboxylic acids is 1. The predicted molar refractivity (Wildman–Crippen MR) is 82.9 cm³/mol. The Morgan fingerprint density at radius 1 is 1.29 bits per heavy atom. The van der Waals surface area contributed by atoms with E-state index in [2.05, 4.69) is 25.5 Å². The van der Waals surface area contributed by atoms with Crippen LogP contribution in [0.4, 0.5) is 0 Å². The molecular weight excluding hydrogens is 266 g/mol. The predicted octanol–water partition coefficient (Wildman–Crippen LogP) is 0.929. The summed E-state index contributed by atoms with van der Waals surface area (Å²) in [5.74, 6) is 0.430. The van der Waals surface area contributed by atoms with Gasteiger partial charge >= 0.3 is 0 Å². The van der Waals surface area contributed by atoms with E-state index in [-0.39, 0.29) is 11.4 Å². The molecule has 0 aliphatic carbocycles. The molecule has 0 saturated heterocycles. The van der Waals surface area contributed by atoms with Gasteiger partial charge < -0.3 is 10.3 Å². The first-order valence-corrected chi connectivity index (χ1v) is 6.90. The van der Waals surface area contributed by atoms with Gasteiger partial charge in [-0.15, -0.1) is 0 Å². The molecule has 1 amide bonds. The van der Waals surface area contributed by atoms with Crippen molar-refractivity contribution in [2.45, 2.75) is 40.2 Å². The van der Waals surface area contributed by atoms with Crippen LogP contribution in [-0.4, -0.2) is 31.6 Å². The maximum absolute atomic E-state index is 12.3. The standard InChI is InChI=1S/C15H21N5O/c1-6-10-11(7-2)18-13(17-10)12-9(8-16-20-12)14(21)19-15(3,4)5/h6-8H,1-5H3,(H,16,20)(H,17,18)(H,19,21)/b10-6+,11-7+. The lowest BCUT2D eigenvalue weighted by atomic mass is 10.1. The van der Waals surface area contributed by atoms with Crippen LogP contribution in [0.1, 0.15) is 45.0 Å². The van der Waals surface area contributed by atoms with Crippen molar-refractivity contribution >= 4 is 18.1 Å². The Balaban J connectivity index is 2.46. The van der Waals surface area contributed by atoms with Crippen molar-refractivity contribution in [2.24, 2.45) is 0 Å². The van der Waals surface area contributed by atoms with Crippen molar-refractivity contribution in [1.82, 2.24) is 25.5 Å². The second kappa shape index (κ2) is 5.55. The first-order valence-electron chi connectivity index (χ1n) is 6.90. The third kappa shape index (κ3) is 3.21. The minimum absolute atomic E-state index is 0.174. The van der Waals surface area contributed by atoms with E-state index in [0.29, 0.717) is 17.1 Å². The fourth-order valence-electron chi connectivity index (χ4n) is 2.01. The van der Waals surface area contributed by atoms with Gasteiger partial charge in [-0.3, -0.25) is 9.89 Å². The molecule has 6 heteroatoms. The molecule has 21 heavy (non-hydrogen) atoms. The van der Waals surface area contributed by atoms with Gasteiger partial charge in [0.1, 0.15) is 5.69 Å². The molecule has 6 nitrogen and oxygen atoms in total. The number of hydrogen-bond donors (Lipinski definition) is 3. The van der Waals surface area contributed by atoms with Crippen molar-refractivity contribution in [3.8, 4) is 11.5 Å². The molecule has 0 atom stereocenters. The Hall–Kier alpha value is -2.37. The fraction of sp³-hybridized carbons (Fsp3) is 0.400. The number of amides is 1. The second-order valence-electron chi connectivity index (χ2n) is 5.82. The van der Waals surface area contributed by atoms with E-state index in [1.807, 2.05) is 46.8 Å². The number of imidazole rings is 1. The molecule has 3 N–H and O–H groups in total. The van der Waals surface area contributed by atoms with Gasteiger partial charge in [-0.2, -0.15) is 5.10 Å². The van der Waals surface area contributed by atoms with Gasteiger partial charge in [-0.05, 0) is 34.6 Å². The third-order valence-electron chi connectivity index (χ3n) is 2.93. The van der Waals surface area contributed by atoms with E-state index in [1.54, 1.807) is 0 Å². The van der Waals surface area contributed by atoms with Gasteiger partial charge in [0, 0.05) is 5.54 Å². The van der Waals surface area contributed by atoms with E-state index < -0.39 is 0 Å². The molecule has 0 spiro atoms. The van der Waals surface area contributed by atoms with Crippen LogP contribution in [0, 0.1) is 0 Å². The summed E-state index contributed by atoms with van der Waals surface area (Å²) in [6.45, 7) is 9.67. The third-order valence-corrected chi connectivity index (χ3v) is 2.93. The maximum Gasteiger partial charge on any atom is 0.255 e. The molecule has 2 aromatic rings. The molecule has 0 bridgehead atoms. The van der Waals surface area contributed by atoms with Crippen molar-refractivity contribution < 1.29 is 4.79 Å². The fourth-order valence-corrected chi connectivity index (χ4v) is 2.01. The highest BCUT2D eigenvalue weighted by Crippen LogP contribution is 2.16. The SMILES string of the molecule is C/C=c1/nc(-c2[nH]ncc2C(=O)NC(C)(C)C)[nH]/c1=C/C. The van der Waals surface area contributed by atoms with E-state index >= 15 is 0 Å². The molecule has 2 heterocycles. The summed E-state index contributed by atoms with van der Waals surface area (Å²) in [7, 11) is 0. The summed E-state index contributed by atoms with van der Waals surface area (Å²) < 4.78 is 0. The molecule has 0 fully saturated rings. The first-order chi connectivity index (χ1) is 9.85. The van der Waals surface area contributed by atoms with E-state index in [1.165, 1.54) is 6.20 Å². The zero-order valence-electron chi connectivity index (χ0n) is 13.0. The molecule has 0 unspecified atom stereocenters. The molecule has 0 aliphatic rings. The molecule has 0 aliphatic heterocycles. The van der Waals surface area contributed by atoms with E-state index in [0.717, 1.165) is 10.7 Å². The van der Waals surface area contributed by atoms with Crippen molar-refractivity contribution in [3.63, 3.8) is 0 Å². The molecule has 0 aromatic carbocycles. The van der Waals surface area contributed by atoms with Gasteiger partial charge in [0.15, 0.2) is 5.82 Å². The van der Waals surface area contributed by atoms with Crippen molar-refractivity contribution in [2.75, 3.05) is 0 Å². The largest absolute Gasteiger partial charge is 0.347 e. The lowest BCUT2D eigenvalue weighted by molar-refractivity contribution is 0.0920. The molecule has 112 valence electrons. The Labute approximate surface area is 123 Å². The van der Waals surface area contributed by atoms with Gasteiger partial charge in [0.25, 0.3) is 5.91 Å². The number of aromatic amines is 2. The maximum atomic E-state index is 12.3. The topological polar surface area (TPSA) is 86.5 Å². The molecule has 2 rings (SSSR count). The van der Waals surface area contributed by atoms with Gasteiger partial charge in [0.05, 0.1) is 22.5 Å². The number of H-pyrrole nitrogens is 2. The smallest absolute Gasteiger partial charge is 0.255 e. The highest BCUT2D eigenvalue weighted by Gasteiger charge is 2.21. The minimum atomic E-state index is -0.306. The van der Waals surface area contributed by atoms with Gasteiger partial charge in [-0.25, -0.2) is 4.98 Å². The summed E-state index contributed by atoms with van der Waals surface area (Å²) in [6, 6.07) is 0. The number of aromatic nitrogens is 4. The quantitative estimate of drug-likeness (QED) is 0.768. The molecule has 0 saturated carbocycles. The van der Waals surface area contributed by atoms with Crippen LogP contribution in [0.5, 0.6) is 0 Å². The summed E-state index contributed by atoms with van der Waals surface area (Å²) in [4.78, 5) is 20.0. The number of nitrogens with one attached hydrogen (secondary N) is 3. The zero-order chi connectivity index (χ0) is 15.6. The van der Waals surface area contributed by atoms with Crippen LogP contribution < -0.4 is 16.0 Å². The van der Waals surface area contributed by atoms with Gasteiger partial charge in [0.2, 0.25) is 0 Å². The summed E-state index contributed by atoms with van der Waals surface area (Å²) in [5, 5.41) is 11.5. The average Bonchev–Trinajstić information content (AvgIpc) is 3.02. The summed E-state index contributed by atoms with van der Waals surface area (Å²) in [6.07, 6.45) is 5.38. The van der Waals surface area contributed by atoms with Crippen LogP contribution in [0.2, 0.25) is 0 Å². The minimum Gasteiger partial charge on any atom is -0.347 e. The first kappa shape index (κ1) is 15.0.